The monoisotopic (exact) mass is 487 g/mol. The summed E-state index contributed by atoms with van der Waals surface area (Å²) in [5.74, 6) is -0.0347. The van der Waals surface area contributed by atoms with E-state index in [0.717, 1.165) is 43.4 Å². The molecule has 0 bridgehead atoms. The molecule has 2 aromatic rings. The highest BCUT2D eigenvalue weighted by molar-refractivity contribution is 6.00. The minimum absolute atomic E-state index is 0.00240. The van der Waals surface area contributed by atoms with Crippen molar-refractivity contribution in [2.75, 3.05) is 6.54 Å². The van der Waals surface area contributed by atoms with E-state index in [1.54, 1.807) is 0 Å². The van der Waals surface area contributed by atoms with E-state index in [9.17, 15) is 9.59 Å². The molecule has 0 saturated heterocycles. The van der Waals surface area contributed by atoms with Gasteiger partial charge < -0.3 is 14.8 Å². The second-order valence-electron chi connectivity index (χ2n) is 11.2. The summed E-state index contributed by atoms with van der Waals surface area (Å²) in [5.41, 5.74) is 3.26. The van der Waals surface area contributed by atoms with Crippen LogP contribution in [0.25, 0.3) is 11.3 Å². The van der Waals surface area contributed by atoms with Crippen molar-refractivity contribution in [3.05, 3.63) is 59.8 Å². The van der Waals surface area contributed by atoms with Gasteiger partial charge in [-0.15, -0.1) is 0 Å². The Morgan fingerprint density at radius 3 is 2.39 bits per heavy atom. The van der Waals surface area contributed by atoms with Crippen LogP contribution in [0.3, 0.4) is 0 Å². The lowest BCUT2D eigenvalue weighted by molar-refractivity contribution is -0.133. The van der Waals surface area contributed by atoms with Crippen LogP contribution in [0.4, 0.5) is 0 Å². The first kappa shape index (κ1) is 24.9. The highest BCUT2D eigenvalue weighted by atomic mass is 16.2. The third-order valence-corrected chi connectivity index (χ3v) is 8.55. The predicted octanol–water partition coefficient (Wildman–Crippen LogP) is 6.49. The van der Waals surface area contributed by atoms with Crippen LogP contribution < -0.4 is 5.32 Å². The highest BCUT2D eigenvalue weighted by Gasteiger charge is 2.48. The second kappa shape index (κ2) is 11.1. The Morgan fingerprint density at radius 1 is 0.944 bits per heavy atom. The van der Waals surface area contributed by atoms with Gasteiger partial charge in [-0.05, 0) is 69.6 Å². The summed E-state index contributed by atoms with van der Waals surface area (Å²) in [6.45, 7) is 3.05. The van der Waals surface area contributed by atoms with Crippen LogP contribution in [0.15, 0.2) is 54.1 Å². The fourth-order valence-corrected chi connectivity index (χ4v) is 6.31. The Hall–Kier alpha value is -2.82. The van der Waals surface area contributed by atoms with Crippen LogP contribution in [0.1, 0.15) is 94.5 Å². The molecule has 2 aliphatic carbocycles. The van der Waals surface area contributed by atoms with Crippen molar-refractivity contribution in [1.82, 2.24) is 14.8 Å². The number of aromatic nitrogens is 1. The molecule has 1 N–H and O–H groups in total. The summed E-state index contributed by atoms with van der Waals surface area (Å²) >= 11 is 0. The fourth-order valence-electron chi connectivity index (χ4n) is 6.31. The van der Waals surface area contributed by atoms with Crippen LogP contribution in [0.2, 0.25) is 0 Å². The SMILES string of the molecule is C[C@]1(C(=O)NC2CCCCCCC2)Cn2c(ccc2-c2ccccc2)C(=O)N1CCC1=CCCCC1. The zero-order valence-electron chi connectivity index (χ0n) is 21.8. The molecule has 1 aliphatic heterocycles. The summed E-state index contributed by atoms with van der Waals surface area (Å²) in [5, 5.41) is 3.41. The Bertz CT molecular complexity index is 1090. The Morgan fingerprint density at radius 2 is 1.67 bits per heavy atom. The van der Waals surface area contributed by atoms with Gasteiger partial charge in [0.2, 0.25) is 5.91 Å². The van der Waals surface area contributed by atoms with Crippen molar-refractivity contribution in [3.8, 4) is 11.3 Å². The number of amides is 2. The average Bonchev–Trinajstić information content (AvgIpc) is 3.30. The van der Waals surface area contributed by atoms with E-state index >= 15 is 0 Å². The van der Waals surface area contributed by atoms with Crippen molar-refractivity contribution >= 4 is 11.8 Å². The van der Waals surface area contributed by atoms with Gasteiger partial charge in [-0.2, -0.15) is 0 Å². The molecule has 0 radical (unpaired) electrons. The number of carbonyl (C=O) groups excluding carboxylic acids is 2. The van der Waals surface area contributed by atoms with Gasteiger partial charge in [-0.3, -0.25) is 9.59 Å². The van der Waals surface area contributed by atoms with Gasteiger partial charge >= 0.3 is 0 Å². The van der Waals surface area contributed by atoms with Crippen molar-refractivity contribution in [1.29, 1.82) is 0 Å². The van der Waals surface area contributed by atoms with E-state index in [-0.39, 0.29) is 17.9 Å². The van der Waals surface area contributed by atoms with Gasteiger partial charge in [0, 0.05) is 18.3 Å². The third-order valence-electron chi connectivity index (χ3n) is 8.55. The molecule has 5 heteroatoms. The van der Waals surface area contributed by atoms with Crippen molar-refractivity contribution in [2.24, 2.45) is 0 Å². The van der Waals surface area contributed by atoms with Crippen molar-refractivity contribution in [2.45, 2.75) is 102 Å². The molecule has 0 spiro atoms. The molecule has 5 nitrogen and oxygen atoms in total. The molecular formula is C31H41N3O2. The van der Waals surface area contributed by atoms with Crippen LogP contribution in [-0.2, 0) is 11.3 Å². The van der Waals surface area contributed by atoms with Gasteiger partial charge in [-0.1, -0.05) is 74.1 Å². The molecule has 1 aromatic carbocycles. The molecule has 3 aliphatic rings. The molecule has 192 valence electrons. The van der Waals surface area contributed by atoms with Crippen LogP contribution in [-0.4, -0.2) is 39.4 Å². The summed E-state index contributed by atoms with van der Waals surface area (Å²) in [7, 11) is 0. The average molecular weight is 488 g/mol. The molecule has 1 atom stereocenters. The number of allylic oxidation sites excluding steroid dienone is 1. The zero-order chi connectivity index (χ0) is 25.0. The molecule has 1 aromatic heterocycles. The van der Waals surface area contributed by atoms with Gasteiger partial charge in [0.25, 0.3) is 5.91 Å². The van der Waals surface area contributed by atoms with Crippen molar-refractivity contribution < 1.29 is 9.59 Å². The quantitative estimate of drug-likeness (QED) is 0.474. The first-order valence-corrected chi connectivity index (χ1v) is 14.1. The van der Waals surface area contributed by atoms with Crippen LogP contribution in [0.5, 0.6) is 0 Å². The summed E-state index contributed by atoms with van der Waals surface area (Å²) < 4.78 is 2.08. The molecule has 2 heterocycles. The molecule has 36 heavy (non-hydrogen) atoms. The Kier molecular flexibility index (Phi) is 7.64. The molecule has 1 saturated carbocycles. The van der Waals surface area contributed by atoms with E-state index in [2.05, 4.69) is 28.1 Å². The lowest BCUT2D eigenvalue weighted by Gasteiger charge is -2.45. The van der Waals surface area contributed by atoms with Gasteiger partial charge in [0.1, 0.15) is 11.2 Å². The van der Waals surface area contributed by atoms with E-state index in [1.165, 1.54) is 50.5 Å². The topological polar surface area (TPSA) is 54.3 Å². The molecule has 1 fully saturated rings. The Balaban J connectivity index is 1.45. The number of hydrogen-bond acceptors (Lipinski definition) is 2. The number of hydrogen-bond donors (Lipinski definition) is 1. The summed E-state index contributed by atoms with van der Waals surface area (Å²) in [4.78, 5) is 29.9. The normalized spacial score (nSPS) is 23.4. The fraction of sp³-hybridized carbons (Fsp3) is 0.548. The smallest absolute Gasteiger partial charge is 0.271 e. The predicted molar refractivity (Wildman–Crippen MR) is 145 cm³/mol. The minimum Gasteiger partial charge on any atom is -0.351 e. The van der Waals surface area contributed by atoms with Crippen LogP contribution in [0, 0.1) is 0 Å². The van der Waals surface area contributed by atoms with E-state index in [4.69, 9.17) is 0 Å². The molecule has 5 rings (SSSR count). The maximum absolute atomic E-state index is 14.0. The number of carbonyl (C=O) groups is 2. The highest BCUT2D eigenvalue weighted by Crippen LogP contribution is 2.34. The summed E-state index contributed by atoms with van der Waals surface area (Å²) in [6, 6.07) is 14.3. The number of nitrogens with zero attached hydrogens (tertiary/aromatic N) is 2. The van der Waals surface area contributed by atoms with Gasteiger partial charge in [0.05, 0.1) is 6.54 Å². The molecular weight excluding hydrogens is 446 g/mol. The number of benzene rings is 1. The third kappa shape index (κ3) is 5.16. The lowest BCUT2D eigenvalue weighted by atomic mass is 9.90. The molecule has 0 unspecified atom stereocenters. The number of nitrogens with one attached hydrogen (secondary N) is 1. The zero-order valence-corrected chi connectivity index (χ0v) is 21.8. The first-order chi connectivity index (χ1) is 17.6. The Labute approximate surface area is 215 Å². The van der Waals surface area contributed by atoms with E-state index in [0.29, 0.717) is 18.8 Å². The maximum atomic E-state index is 14.0. The van der Waals surface area contributed by atoms with Gasteiger partial charge in [-0.25, -0.2) is 0 Å². The number of rotatable bonds is 6. The molecule has 2 amide bonds. The number of fused-ring (bicyclic) bond motifs is 1. The maximum Gasteiger partial charge on any atom is 0.271 e. The second-order valence-corrected chi connectivity index (χ2v) is 11.2. The van der Waals surface area contributed by atoms with Crippen LogP contribution >= 0.6 is 0 Å². The largest absolute Gasteiger partial charge is 0.351 e. The first-order valence-electron chi connectivity index (χ1n) is 14.1. The lowest BCUT2D eigenvalue weighted by Crippen LogP contribution is -2.65. The van der Waals surface area contributed by atoms with Gasteiger partial charge in [0.15, 0.2) is 0 Å². The standard InChI is InChI=1S/C31H41N3O2/c1-31(30(36)32-26-17-11-3-2-4-12-18-26)23-33-27(25-15-9-6-10-16-25)19-20-28(33)29(35)34(31)22-21-24-13-7-5-8-14-24/h6,9-10,13,15-16,19-20,26H,2-5,7-8,11-12,14,17-18,21-23H2,1H3,(H,32,36)/t31-/m1/s1. The summed E-state index contributed by atoms with van der Waals surface area (Å²) in [6.07, 6.45) is 16.1. The minimum atomic E-state index is -0.926. The van der Waals surface area contributed by atoms with E-state index in [1.807, 2.05) is 42.2 Å². The van der Waals surface area contributed by atoms with E-state index < -0.39 is 5.54 Å². The van der Waals surface area contributed by atoms with Crippen molar-refractivity contribution in [3.63, 3.8) is 0 Å².